The van der Waals surface area contributed by atoms with Crippen molar-refractivity contribution in [3.63, 3.8) is 0 Å². The summed E-state index contributed by atoms with van der Waals surface area (Å²) in [5, 5.41) is 1.57. The van der Waals surface area contributed by atoms with E-state index in [0.717, 1.165) is 30.2 Å². The molecule has 3 aromatic rings. The van der Waals surface area contributed by atoms with Gasteiger partial charge in [0, 0.05) is 10.9 Å². The van der Waals surface area contributed by atoms with Gasteiger partial charge in [-0.3, -0.25) is 0 Å². The molecule has 0 atom stereocenters. The van der Waals surface area contributed by atoms with Gasteiger partial charge in [-0.2, -0.15) is 0 Å². The summed E-state index contributed by atoms with van der Waals surface area (Å²) in [6.45, 7) is 4.27. The Morgan fingerprint density at radius 1 is 0.806 bits per heavy atom. The third kappa shape index (κ3) is 6.83. The Bertz CT molecular complexity index is 1060. The normalized spacial score (nSPS) is 11.1. The summed E-state index contributed by atoms with van der Waals surface area (Å²) >= 11 is 0. The molecule has 0 spiro atoms. The van der Waals surface area contributed by atoms with Crippen molar-refractivity contribution in [2.45, 2.75) is 65.2 Å². The topological polar surface area (TPSA) is 0 Å². The molecule has 0 N–H and O–H groups in total. The summed E-state index contributed by atoms with van der Waals surface area (Å²) in [7, 11) is 0. The van der Waals surface area contributed by atoms with Crippen molar-refractivity contribution in [3.05, 3.63) is 94.8 Å². The first-order valence-corrected chi connectivity index (χ1v) is 11.6. The second-order valence-electron chi connectivity index (χ2n) is 8.20. The summed E-state index contributed by atoms with van der Waals surface area (Å²) in [4.78, 5) is 0. The molecule has 0 fully saturated rings. The molecule has 0 bridgehead atoms. The monoisotopic (exact) mass is 412 g/mol. The van der Waals surface area contributed by atoms with Crippen LogP contribution in [0.5, 0.6) is 0 Å². The number of halogens is 1. The minimum absolute atomic E-state index is 0.228. The first-order valence-electron chi connectivity index (χ1n) is 11.6. The lowest BCUT2D eigenvalue weighted by atomic mass is 10.0. The van der Waals surface area contributed by atoms with Crippen LogP contribution in [0.25, 0.3) is 10.8 Å². The molecule has 0 aliphatic carbocycles. The average molecular weight is 413 g/mol. The number of fused-ring (bicyclic) bond motifs is 1. The molecule has 3 aromatic carbocycles. The van der Waals surface area contributed by atoms with Crippen LogP contribution in [0.1, 0.15) is 74.6 Å². The number of allylic oxidation sites excluding steroid dienone is 2. The van der Waals surface area contributed by atoms with Crippen LogP contribution in [0, 0.1) is 17.7 Å². The number of benzene rings is 3. The van der Waals surface area contributed by atoms with Crippen LogP contribution in [0.4, 0.5) is 4.39 Å². The zero-order chi connectivity index (χ0) is 21.9. The fraction of sp³-hybridized carbons (Fsp3) is 0.333. The highest BCUT2D eigenvalue weighted by molar-refractivity contribution is 5.85. The van der Waals surface area contributed by atoms with Crippen molar-refractivity contribution in [2.75, 3.05) is 0 Å². The first kappa shape index (κ1) is 22.8. The minimum atomic E-state index is -0.228. The second-order valence-corrected chi connectivity index (χ2v) is 8.20. The van der Waals surface area contributed by atoms with Gasteiger partial charge in [-0.25, -0.2) is 4.39 Å². The standard InChI is InChI=1S/C30H33F/c1-3-5-7-8-10-11-24-13-15-25(16-14-24)17-19-27-20-21-28-23-26(12-9-6-4-2)18-22-29(28)30(27)31/h4,6,13-16,18,20-23H,3,5,7-12H2,1-2H3/b6-4+. The van der Waals surface area contributed by atoms with E-state index in [1.165, 1.54) is 43.2 Å². The summed E-state index contributed by atoms with van der Waals surface area (Å²) in [5.41, 5.74) is 3.96. The van der Waals surface area contributed by atoms with Gasteiger partial charge < -0.3 is 0 Å². The molecule has 0 amide bonds. The highest BCUT2D eigenvalue weighted by Crippen LogP contribution is 2.23. The maximum Gasteiger partial charge on any atom is 0.146 e. The van der Waals surface area contributed by atoms with Gasteiger partial charge >= 0.3 is 0 Å². The molecule has 0 saturated heterocycles. The van der Waals surface area contributed by atoms with Gasteiger partial charge in [0.15, 0.2) is 0 Å². The minimum Gasteiger partial charge on any atom is -0.205 e. The molecule has 0 aromatic heterocycles. The molecular formula is C30H33F. The Balaban J connectivity index is 1.66. The van der Waals surface area contributed by atoms with E-state index in [9.17, 15) is 4.39 Å². The molecule has 0 unspecified atom stereocenters. The molecular weight excluding hydrogens is 379 g/mol. The van der Waals surface area contributed by atoms with Crippen LogP contribution in [-0.2, 0) is 12.8 Å². The number of aryl methyl sites for hydroxylation is 2. The van der Waals surface area contributed by atoms with E-state index in [2.05, 4.69) is 49.1 Å². The molecule has 1 heteroatoms. The van der Waals surface area contributed by atoms with Gasteiger partial charge in [0.25, 0.3) is 0 Å². The van der Waals surface area contributed by atoms with Gasteiger partial charge in [-0.1, -0.05) is 93.0 Å². The highest BCUT2D eigenvalue weighted by atomic mass is 19.1. The Morgan fingerprint density at radius 3 is 2.35 bits per heavy atom. The lowest BCUT2D eigenvalue weighted by Gasteiger charge is -2.05. The van der Waals surface area contributed by atoms with Gasteiger partial charge in [0.1, 0.15) is 5.82 Å². The maximum atomic E-state index is 15.0. The largest absolute Gasteiger partial charge is 0.205 e. The van der Waals surface area contributed by atoms with Gasteiger partial charge in [-0.05, 0) is 67.3 Å². The zero-order valence-electron chi connectivity index (χ0n) is 18.9. The van der Waals surface area contributed by atoms with E-state index in [1.54, 1.807) is 6.07 Å². The molecule has 0 aliphatic rings. The summed E-state index contributed by atoms with van der Waals surface area (Å²) in [6, 6.07) is 18.2. The lowest BCUT2D eigenvalue weighted by Crippen LogP contribution is -1.90. The molecule has 0 saturated carbocycles. The fourth-order valence-corrected chi connectivity index (χ4v) is 3.84. The number of hydrogen-bond donors (Lipinski definition) is 0. The maximum absolute atomic E-state index is 15.0. The van der Waals surface area contributed by atoms with E-state index >= 15 is 0 Å². The lowest BCUT2D eigenvalue weighted by molar-refractivity contribution is 0.632. The molecule has 0 radical (unpaired) electrons. The Labute approximate surface area is 187 Å². The quantitative estimate of drug-likeness (QED) is 0.188. The third-order valence-electron chi connectivity index (χ3n) is 5.72. The van der Waals surface area contributed by atoms with E-state index < -0.39 is 0 Å². The zero-order valence-corrected chi connectivity index (χ0v) is 18.9. The summed E-state index contributed by atoms with van der Waals surface area (Å²) < 4.78 is 15.0. The van der Waals surface area contributed by atoms with E-state index in [-0.39, 0.29) is 5.82 Å². The van der Waals surface area contributed by atoms with E-state index in [1.807, 2.05) is 37.3 Å². The van der Waals surface area contributed by atoms with Crippen molar-refractivity contribution in [1.82, 2.24) is 0 Å². The number of unbranched alkanes of at least 4 members (excludes halogenated alkanes) is 4. The van der Waals surface area contributed by atoms with Crippen LogP contribution >= 0.6 is 0 Å². The molecule has 31 heavy (non-hydrogen) atoms. The SMILES string of the molecule is C/C=C/CCc1ccc2c(F)c(C#Cc3ccc(CCCCCCC)cc3)ccc2c1. The molecule has 3 rings (SSSR count). The molecule has 0 aliphatic heterocycles. The van der Waals surface area contributed by atoms with Crippen molar-refractivity contribution < 1.29 is 4.39 Å². The van der Waals surface area contributed by atoms with Gasteiger partial charge in [0.2, 0.25) is 0 Å². The number of rotatable bonds is 9. The van der Waals surface area contributed by atoms with Crippen LogP contribution in [0.3, 0.4) is 0 Å². The second kappa shape index (κ2) is 12.1. The van der Waals surface area contributed by atoms with Crippen LogP contribution in [0.15, 0.2) is 66.7 Å². The summed E-state index contributed by atoms with van der Waals surface area (Å²) in [6.07, 6.45) is 13.8. The van der Waals surface area contributed by atoms with Gasteiger partial charge in [-0.15, -0.1) is 0 Å². The summed E-state index contributed by atoms with van der Waals surface area (Å²) in [5.74, 6) is 5.93. The molecule has 0 heterocycles. The fourth-order valence-electron chi connectivity index (χ4n) is 3.84. The molecule has 160 valence electrons. The van der Waals surface area contributed by atoms with Crippen LogP contribution < -0.4 is 0 Å². The third-order valence-corrected chi connectivity index (χ3v) is 5.72. The Hall–Kier alpha value is -2.85. The molecule has 0 nitrogen and oxygen atoms in total. The van der Waals surface area contributed by atoms with Crippen molar-refractivity contribution >= 4 is 10.8 Å². The smallest absolute Gasteiger partial charge is 0.146 e. The van der Waals surface area contributed by atoms with Gasteiger partial charge in [0.05, 0.1) is 5.56 Å². The van der Waals surface area contributed by atoms with E-state index in [0.29, 0.717) is 10.9 Å². The van der Waals surface area contributed by atoms with Crippen molar-refractivity contribution in [1.29, 1.82) is 0 Å². The Kier molecular flexibility index (Phi) is 8.92. The van der Waals surface area contributed by atoms with E-state index in [4.69, 9.17) is 0 Å². The van der Waals surface area contributed by atoms with Crippen molar-refractivity contribution in [3.8, 4) is 11.8 Å². The Morgan fingerprint density at radius 2 is 1.58 bits per heavy atom. The predicted molar refractivity (Wildman–Crippen MR) is 132 cm³/mol. The first-order chi connectivity index (χ1) is 15.2. The highest BCUT2D eigenvalue weighted by Gasteiger charge is 2.06. The van der Waals surface area contributed by atoms with Crippen LogP contribution in [0.2, 0.25) is 0 Å². The van der Waals surface area contributed by atoms with Crippen LogP contribution in [-0.4, -0.2) is 0 Å². The number of hydrogen-bond acceptors (Lipinski definition) is 0. The average Bonchev–Trinajstić information content (AvgIpc) is 2.79. The predicted octanol–water partition coefficient (Wildman–Crippen LogP) is 8.40. The van der Waals surface area contributed by atoms with Crippen molar-refractivity contribution in [2.24, 2.45) is 0 Å².